The molecule has 4 rings (SSSR count). The van der Waals surface area contributed by atoms with Gasteiger partial charge in [-0.05, 0) is 79.8 Å². The van der Waals surface area contributed by atoms with Gasteiger partial charge in [0.05, 0.1) is 0 Å². The smallest absolute Gasteiger partial charge is 0.320 e. The Kier molecular flexibility index (Phi) is 7.43. The molecule has 0 bridgehead atoms. The quantitative estimate of drug-likeness (QED) is 0.572. The maximum absolute atomic E-state index is 14.3. The summed E-state index contributed by atoms with van der Waals surface area (Å²) in [6, 6.07) is 13.0. The molecular weight excluding hydrogens is 407 g/mol. The molecule has 0 radical (unpaired) electrons. The van der Waals surface area contributed by atoms with Crippen molar-refractivity contribution in [2.24, 2.45) is 5.92 Å². The first-order valence-corrected chi connectivity index (χ1v) is 11.7. The number of nitrogens with one attached hydrogen (secondary N) is 2. The number of carboxylic acid groups (broad SMARTS) is 1. The third kappa shape index (κ3) is 5.67. The van der Waals surface area contributed by atoms with E-state index in [1.165, 1.54) is 17.2 Å². The summed E-state index contributed by atoms with van der Waals surface area (Å²) in [5.41, 5.74) is 3.81. The highest BCUT2D eigenvalue weighted by atomic mass is 19.1. The van der Waals surface area contributed by atoms with E-state index in [1.807, 2.05) is 13.1 Å². The topological polar surface area (TPSA) is 70.6 Å². The maximum atomic E-state index is 14.3. The molecule has 0 unspecified atom stereocenters. The number of rotatable bonds is 8. The first-order valence-electron chi connectivity index (χ1n) is 11.7. The van der Waals surface area contributed by atoms with Crippen molar-refractivity contribution in [3.05, 3.63) is 65.0 Å². The molecule has 2 fully saturated rings. The average molecular weight is 441 g/mol. The largest absolute Gasteiger partial charge is 0.489 e. The zero-order valence-electron chi connectivity index (χ0n) is 18.6. The van der Waals surface area contributed by atoms with Crippen molar-refractivity contribution in [1.29, 1.82) is 0 Å². The van der Waals surface area contributed by atoms with Crippen LogP contribution in [0, 0.1) is 11.7 Å². The van der Waals surface area contributed by atoms with E-state index in [4.69, 9.17) is 9.84 Å². The van der Waals surface area contributed by atoms with Crippen molar-refractivity contribution in [3.8, 4) is 5.75 Å². The Bertz CT molecular complexity index is 927. The lowest BCUT2D eigenvalue weighted by molar-refractivity contribution is -0.139. The van der Waals surface area contributed by atoms with Crippen LogP contribution in [0.2, 0.25) is 0 Å². The van der Waals surface area contributed by atoms with Crippen LogP contribution in [0.25, 0.3) is 0 Å². The summed E-state index contributed by atoms with van der Waals surface area (Å²) in [5.74, 6) is 0.460. The van der Waals surface area contributed by atoms with Gasteiger partial charge in [-0.2, -0.15) is 0 Å². The highest BCUT2D eigenvalue weighted by Gasteiger charge is 2.30. The molecule has 0 amide bonds. The zero-order valence-corrected chi connectivity index (χ0v) is 18.6. The predicted octanol–water partition coefficient (Wildman–Crippen LogP) is 4.26. The van der Waals surface area contributed by atoms with Crippen LogP contribution in [0.15, 0.2) is 42.5 Å². The normalized spacial score (nSPS) is 25.6. The van der Waals surface area contributed by atoms with E-state index in [-0.39, 0.29) is 11.9 Å². The number of hydrogen-bond donors (Lipinski definition) is 3. The molecule has 2 atom stereocenters. The molecule has 32 heavy (non-hydrogen) atoms. The lowest BCUT2D eigenvalue weighted by Crippen LogP contribution is -2.30. The van der Waals surface area contributed by atoms with E-state index < -0.39 is 12.0 Å². The fraction of sp³-hybridized carbons (Fsp3) is 0.500. The van der Waals surface area contributed by atoms with Gasteiger partial charge >= 0.3 is 5.97 Å². The van der Waals surface area contributed by atoms with E-state index in [2.05, 4.69) is 34.9 Å². The van der Waals surface area contributed by atoms with Crippen molar-refractivity contribution in [2.75, 3.05) is 13.6 Å². The Hall–Kier alpha value is -2.44. The number of halogens is 1. The van der Waals surface area contributed by atoms with E-state index in [0.717, 1.165) is 44.2 Å². The van der Waals surface area contributed by atoms with Gasteiger partial charge in [0, 0.05) is 25.6 Å². The minimum absolute atomic E-state index is 0.251. The van der Waals surface area contributed by atoms with Crippen LogP contribution in [0.4, 0.5) is 4.39 Å². The van der Waals surface area contributed by atoms with Crippen molar-refractivity contribution in [3.63, 3.8) is 0 Å². The molecule has 1 saturated heterocycles. The van der Waals surface area contributed by atoms with Crippen molar-refractivity contribution >= 4 is 5.97 Å². The third-order valence-corrected chi connectivity index (χ3v) is 6.86. The van der Waals surface area contributed by atoms with Crippen molar-refractivity contribution in [2.45, 2.75) is 63.1 Å². The number of aliphatic carboxylic acids is 1. The Balaban J connectivity index is 1.34. The summed E-state index contributed by atoms with van der Waals surface area (Å²) in [4.78, 5) is 11.1. The molecule has 2 aromatic carbocycles. The molecule has 1 aliphatic carbocycles. The van der Waals surface area contributed by atoms with Gasteiger partial charge in [-0.25, -0.2) is 4.39 Å². The van der Waals surface area contributed by atoms with Crippen LogP contribution in [0.1, 0.15) is 54.7 Å². The van der Waals surface area contributed by atoms with Gasteiger partial charge < -0.3 is 20.5 Å². The second-order valence-electron chi connectivity index (χ2n) is 9.22. The summed E-state index contributed by atoms with van der Waals surface area (Å²) in [7, 11) is 1.98. The van der Waals surface area contributed by atoms with Gasteiger partial charge in [-0.15, -0.1) is 0 Å². The Labute approximate surface area is 189 Å². The van der Waals surface area contributed by atoms with Crippen molar-refractivity contribution < 1.29 is 19.0 Å². The van der Waals surface area contributed by atoms with Gasteiger partial charge in [0.15, 0.2) is 0 Å². The summed E-state index contributed by atoms with van der Waals surface area (Å²) < 4.78 is 20.2. The highest BCUT2D eigenvalue weighted by Crippen LogP contribution is 2.38. The fourth-order valence-corrected chi connectivity index (χ4v) is 5.28. The second kappa shape index (κ2) is 10.5. The van der Waals surface area contributed by atoms with Crippen LogP contribution < -0.4 is 15.4 Å². The van der Waals surface area contributed by atoms with Gasteiger partial charge in [-0.3, -0.25) is 4.79 Å². The zero-order chi connectivity index (χ0) is 22.5. The van der Waals surface area contributed by atoms with Gasteiger partial charge in [0.25, 0.3) is 0 Å². The number of hydrogen-bond acceptors (Lipinski definition) is 4. The van der Waals surface area contributed by atoms with E-state index in [9.17, 15) is 9.18 Å². The average Bonchev–Trinajstić information content (AvgIpc) is 3.23. The molecule has 1 heterocycles. The van der Waals surface area contributed by atoms with Crippen LogP contribution in [-0.4, -0.2) is 36.8 Å². The van der Waals surface area contributed by atoms with Gasteiger partial charge in [0.1, 0.15) is 23.7 Å². The third-order valence-electron chi connectivity index (χ3n) is 6.86. The summed E-state index contributed by atoms with van der Waals surface area (Å²) in [6.07, 6.45) is 5.58. The highest BCUT2D eigenvalue weighted by molar-refractivity contribution is 5.73. The predicted molar refractivity (Wildman–Crippen MR) is 122 cm³/mol. The Morgan fingerprint density at radius 1 is 1.19 bits per heavy atom. The molecule has 5 nitrogen and oxygen atoms in total. The Morgan fingerprint density at radius 3 is 2.69 bits per heavy atom. The summed E-state index contributed by atoms with van der Waals surface area (Å²) in [6.45, 7) is 1.35. The van der Waals surface area contributed by atoms with Crippen LogP contribution in [0.3, 0.4) is 0 Å². The van der Waals surface area contributed by atoms with Crippen LogP contribution in [0.5, 0.6) is 5.75 Å². The molecule has 0 aromatic heterocycles. The minimum atomic E-state index is -0.875. The number of carbonyl (C=O) groups is 1. The fourth-order valence-electron chi connectivity index (χ4n) is 5.28. The molecule has 0 spiro atoms. The lowest BCUT2D eigenvalue weighted by Gasteiger charge is -2.30. The molecular formula is C26H33FN2O3. The monoisotopic (exact) mass is 440 g/mol. The van der Waals surface area contributed by atoms with E-state index >= 15 is 0 Å². The standard InChI is InChI=1S/C26H33FN2O3/c1-28-15-20-4-2-3-5-24(20)19-8-6-17(7-9-19)10-18-11-21(27)13-22(12-18)32-23-14-25(26(30)31)29-16-23/h2-5,11-13,17,19,23,25,28-29H,6-10,14-16H2,1H3,(H,30,31)/t17-,19-,23-,25-/m0/s1. The summed E-state index contributed by atoms with van der Waals surface area (Å²) in [5, 5.41) is 15.3. The minimum Gasteiger partial charge on any atom is -0.489 e. The maximum Gasteiger partial charge on any atom is 0.320 e. The Morgan fingerprint density at radius 2 is 1.97 bits per heavy atom. The van der Waals surface area contributed by atoms with Crippen LogP contribution >= 0.6 is 0 Å². The first kappa shape index (κ1) is 22.7. The van der Waals surface area contributed by atoms with E-state index in [0.29, 0.717) is 30.6 Å². The molecule has 1 saturated carbocycles. The molecule has 6 heteroatoms. The number of benzene rings is 2. The van der Waals surface area contributed by atoms with Crippen molar-refractivity contribution in [1.82, 2.24) is 10.6 Å². The number of carboxylic acids is 1. The molecule has 172 valence electrons. The van der Waals surface area contributed by atoms with Crippen LogP contribution in [-0.2, 0) is 17.8 Å². The SMILES string of the molecule is CNCc1ccccc1[C@H]1CC[C@H](Cc2cc(F)cc(O[C@@H]3CN[C@H](C(=O)O)C3)c2)CC1. The molecule has 1 aliphatic heterocycles. The van der Waals surface area contributed by atoms with Gasteiger partial charge in [-0.1, -0.05) is 24.3 Å². The first-order chi connectivity index (χ1) is 15.5. The lowest BCUT2D eigenvalue weighted by atomic mass is 9.75. The second-order valence-corrected chi connectivity index (χ2v) is 9.22. The summed E-state index contributed by atoms with van der Waals surface area (Å²) >= 11 is 0. The number of ether oxygens (including phenoxy) is 1. The van der Waals surface area contributed by atoms with Gasteiger partial charge in [0.2, 0.25) is 0 Å². The molecule has 3 N–H and O–H groups in total. The molecule has 2 aliphatic rings. The van der Waals surface area contributed by atoms with E-state index in [1.54, 1.807) is 6.07 Å². The molecule has 2 aromatic rings.